The summed E-state index contributed by atoms with van der Waals surface area (Å²) in [6.45, 7) is 7.30. The smallest absolute Gasteiger partial charge is 0.272 e. The molecular weight excluding hydrogens is 360 g/mol. The quantitative estimate of drug-likeness (QED) is 0.531. The number of nitrogens with zero attached hydrogens (tertiary/aromatic N) is 1. The summed E-state index contributed by atoms with van der Waals surface area (Å²) >= 11 is 0. The van der Waals surface area contributed by atoms with Crippen molar-refractivity contribution in [2.45, 2.75) is 46.2 Å². The number of carbonyl (C=O) groups is 2. The van der Waals surface area contributed by atoms with Crippen LogP contribution in [0, 0.1) is 11.8 Å². The second-order valence-corrected chi connectivity index (χ2v) is 7.55. The van der Waals surface area contributed by atoms with Gasteiger partial charge in [-0.3, -0.25) is 14.4 Å². The highest BCUT2D eigenvalue weighted by Crippen LogP contribution is 2.13. The minimum absolute atomic E-state index is 0.0640. The summed E-state index contributed by atoms with van der Waals surface area (Å²) < 4.78 is 0. The molecule has 0 spiro atoms. The first-order valence-corrected chi connectivity index (χ1v) is 9.41. The van der Waals surface area contributed by atoms with Gasteiger partial charge in [-0.15, -0.1) is 0 Å². The van der Waals surface area contributed by atoms with Gasteiger partial charge in [0.15, 0.2) is 0 Å². The fourth-order valence-electron chi connectivity index (χ4n) is 2.91. The predicted octanol–water partition coefficient (Wildman–Crippen LogP) is 0.740. The normalized spacial score (nSPS) is 13.5. The van der Waals surface area contributed by atoms with Gasteiger partial charge in [-0.2, -0.15) is 5.10 Å². The van der Waals surface area contributed by atoms with E-state index in [4.69, 9.17) is 0 Å². The maximum absolute atomic E-state index is 12.6. The molecule has 2 rings (SSSR count). The molecule has 2 aromatic rings. The molecule has 4 N–H and O–H groups in total. The van der Waals surface area contributed by atoms with Crippen LogP contribution < -0.4 is 16.2 Å². The van der Waals surface area contributed by atoms with Gasteiger partial charge in [0.1, 0.15) is 6.04 Å². The van der Waals surface area contributed by atoms with Gasteiger partial charge in [0.2, 0.25) is 11.8 Å². The topological polar surface area (TPSA) is 124 Å². The molecule has 8 nitrogen and oxygen atoms in total. The predicted molar refractivity (Wildman–Crippen MR) is 107 cm³/mol. The second kappa shape index (κ2) is 9.45. The van der Waals surface area contributed by atoms with E-state index in [9.17, 15) is 19.5 Å². The molecule has 0 saturated carbocycles. The maximum atomic E-state index is 12.6. The lowest BCUT2D eigenvalue weighted by atomic mass is 10.00. The molecule has 0 aliphatic rings. The molecule has 152 valence electrons. The van der Waals surface area contributed by atoms with E-state index in [0.29, 0.717) is 16.5 Å². The van der Waals surface area contributed by atoms with Crippen LogP contribution in [0.2, 0.25) is 0 Å². The van der Waals surface area contributed by atoms with Crippen LogP contribution in [0.4, 0.5) is 0 Å². The van der Waals surface area contributed by atoms with E-state index in [2.05, 4.69) is 20.8 Å². The number of aromatic nitrogens is 2. The summed E-state index contributed by atoms with van der Waals surface area (Å²) in [5.74, 6) is -0.788. The minimum Gasteiger partial charge on any atom is -0.394 e. The molecule has 0 aliphatic heterocycles. The van der Waals surface area contributed by atoms with Gasteiger partial charge in [0, 0.05) is 5.39 Å². The van der Waals surface area contributed by atoms with E-state index in [1.54, 1.807) is 24.3 Å². The van der Waals surface area contributed by atoms with Crippen molar-refractivity contribution >= 4 is 22.6 Å². The van der Waals surface area contributed by atoms with Gasteiger partial charge in [0.25, 0.3) is 5.56 Å². The zero-order valence-corrected chi connectivity index (χ0v) is 16.7. The van der Waals surface area contributed by atoms with Crippen molar-refractivity contribution in [3.8, 4) is 0 Å². The third kappa shape index (κ3) is 5.16. The van der Waals surface area contributed by atoms with Crippen LogP contribution in [0.3, 0.4) is 0 Å². The summed E-state index contributed by atoms with van der Waals surface area (Å²) in [5, 5.41) is 22.4. The van der Waals surface area contributed by atoms with Gasteiger partial charge in [0.05, 0.1) is 30.1 Å². The van der Waals surface area contributed by atoms with Crippen molar-refractivity contribution in [2.75, 3.05) is 6.61 Å². The zero-order valence-electron chi connectivity index (χ0n) is 16.7. The molecule has 0 saturated heterocycles. The third-order valence-electron chi connectivity index (χ3n) is 4.70. The Kier molecular flexibility index (Phi) is 7.28. The molecule has 0 radical (unpaired) electrons. The van der Waals surface area contributed by atoms with Crippen molar-refractivity contribution in [1.82, 2.24) is 20.8 Å². The Morgan fingerprint density at radius 2 is 1.71 bits per heavy atom. The zero-order chi connectivity index (χ0) is 20.8. The summed E-state index contributed by atoms with van der Waals surface area (Å²) in [6, 6.07) is 5.80. The SMILES string of the molecule is CC(C)C(CO)NC(=O)C(NC(=O)Cc1n[nH]c(=O)c2ccccc12)C(C)C. The van der Waals surface area contributed by atoms with Crippen molar-refractivity contribution in [3.63, 3.8) is 0 Å². The van der Waals surface area contributed by atoms with Crippen LogP contribution in [0.25, 0.3) is 10.8 Å². The van der Waals surface area contributed by atoms with Crippen molar-refractivity contribution < 1.29 is 14.7 Å². The lowest BCUT2D eigenvalue weighted by Gasteiger charge is -2.26. The molecule has 8 heteroatoms. The average molecular weight is 388 g/mol. The van der Waals surface area contributed by atoms with Gasteiger partial charge in [-0.05, 0) is 17.9 Å². The number of benzene rings is 1. The van der Waals surface area contributed by atoms with E-state index in [1.165, 1.54) is 0 Å². The number of H-pyrrole nitrogens is 1. The standard InChI is InChI=1S/C20H28N4O4/c1-11(2)16(10-25)21-20(28)18(12(3)4)22-17(26)9-15-13-7-5-6-8-14(13)19(27)24-23-15/h5-8,11-12,16,18,25H,9-10H2,1-4H3,(H,21,28)(H,22,26)(H,24,27). The number of aliphatic hydroxyl groups excluding tert-OH is 1. The van der Waals surface area contributed by atoms with Crippen molar-refractivity contribution in [2.24, 2.45) is 11.8 Å². The first-order chi connectivity index (χ1) is 13.2. The first kappa shape index (κ1) is 21.6. The van der Waals surface area contributed by atoms with Gasteiger partial charge in [-0.1, -0.05) is 45.9 Å². The summed E-state index contributed by atoms with van der Waals surface area (Å²) in [6.07, 6.45) is -0.0681. The average Bonchev–Trinajstić information content (AvgIpc) is 2.66. The fraction of sp³-hybridized carbons (Fsp3) is 0.500. The summed E-state index contributed by atoms with van der Waals surface area (Å²) in [5.41, 5.74) is 0.119. The van der Waals surface area contributed by atoms with Gasteiger partial charge in [-0.25, -0.2) is 5.10 Å². The van der Waals surface area contributed by atoms with Gasteiger partial charge >= 0.3 is 0 Å². The van der Waals surface area contributed by atoms with Crippen LogP contribution >= 0.6 is 0 Å². The molecule has 2 atom stereocenters. The van der Waals surface area contributed by atoms with E-state index in [-0.39, 0.29) is 48.3 Å². The largest absolute Gasteiger partial charge is 0.394 e. The highest BCUT2D eigenvalue weighted by Gasteiger charge is 2.27. The number of carbonyl (C=O) groups excluding carboxylic acids is 2. The first-order valence-electron chi connectivity index (χ1n) is 9.41. The van der Waals surface area contributed by atoms with E-state index < -0.39 is 6.04 Å². The third-order valence-corrected chi connectivity index (χ3v) is 4.70. The number of hydrogen-bond acceptors (Lipinski definition) is 5. The highest BCUT2D eigenvalue weighted by molar-refractivity contribution is 5.91. The highest BCUT2D eigenvalue weighted by atomic mass is 16.3. The molecular formula is C20H28N4O4. The Morgan fingerprint density at radius 1 is 1.07 bits per heavy atom. The van der Waals surface area contributed by atoms with E-state index in [0.717, 1.165) is 0 Å². The molecule has 0 bridgehead atoms. The molecule has 1 aromatic heterocycles. The molecule has 28 heavy (non-hydrogen) atoms. The number of nitrogens with one attached hydrogen (secondary N) is 3. The molecule has 1 aromatic carbocycles. The van der Waals surface area contributed by atoms with Crippen LogP contribution in [0.5, 0.6) is 0 Å². The van der Waals surface area contributed by atoms with Gasteiger partial charge < -0.3 is 15.7 Å². The fourth-order valence-corrected chi connectivity index (χ4v) is 2.91. The molecule has 0 fully saturated rings. The lowest BCUT2D eigenvalue weighted by Crippen LogP contribution is -2.54. The van der Waals surface area contributed by atoms with Crippen LogP contribution in [-0.2, 0) is 16.0 Å². The maximum Gasteiger partial charge on any atom is 0.272 e. The number of aromatic amines is 1. The number of fused-ring (bicyclic) bond motifs is 1. The summed E-state index contributed by atoms with van der Waals surface area (Å²) in [7, 11) is 0. The van der Waals surface area contributed by atoms with Crippen molar-refractivity contribution in [1.29, 1.82) is 0 Å². The minimum atomic E-state index is -0.741. The lowest BCUT2D eigenvalue weighted by molar-refractivity contribution is -0.130. The number of hydrogen-bond donors (Lipinski definition) is 4. The Morgan fingerprint density at radius 3 is 2.29 bits per heavy atom. The van der Waals surface area contributed by atoms with Crippen LogP contribution in [0.15, 0.2) is 29.1 Å². The number of amides is 2. The van der Waals surface area contributed by atoms with E-state index in [1.807, 2.05) is 27.7 Å². The molecule has 1 heterocycles. The van der Waals surface area contributed by atoms with Crippen molar-refractivity contribution in [3.05, 3.63) is 40.3 Å². The second-order valence-electron chi connectivity index (χ2n) is 7.55. The monoisotopic (exact) mass is 388 g/mol. The molecule has 0 aliphatic carbocycles. The van der Waals surface area contributed by atoms with Crippen LogP contribution in [0.1, 0.15) is 33.4 Å². The van der Waals surface area contributed by atoms with E-state index >= 15 is 0 Å². The number of aliphatic hydroxyl groups is 1. The summed E-state index contributed by atoms with van der Waals surface area (Å²) in [4.78, 5) is 37.0. The molecule has 2 amide bonds. The Balaban J connectivity index is 2.14. The number of rotatable bonds is 8. The Labute approximate surface area is 163 Å². The Hall–Kier alpha value is -2.74. The molecule has 2 unspecified atom stereocenters. The Bertz CT molecular complexity index is 891. The van der Waals surface area contributed by atoms with Crippen LogP contribution in [-0.4, -0.2) is 45.8 Å².